The van der Waals surface area contributed by atoms with Gasteiger partial charge in [0.15, 0.2) is 0 Å². The second-order valence-electron chi connectivity index (χ2n) is 4.98. The molecule has 0 fully saturated rings. The first-order valence-electron chi connectivity index (χ1n) is 6.49. The molecule has 18 heavy (non-hydrogen) atoms. The summed E-state index contributed by atoms with van der Waals surface area (Å²) in [5, 5.41) is 1.99. The summed E-state index contributed by atoms with van der Waals surface area (Å²) in [4.78, 5) is 0. The molecule has 0 bridgehead atoms. The Balaban J connectivity index is 1.92. The molecule has 1 heterocycles. The molecule has 1 aromatic carbocycles. The third kappa shape index (κ3) is 3.27. The minimum absolute atomic E-state index is 0.701. The maximum atomic E-state index is 6.22. The number of aromatic nitrogens is 1. The molecule has 2 rings (SSSR count). The number of halogens is 1. The molecule has 0 aliphatic rings. The number of fused-ring (bicyclic) bond motifs is 1. The van der Waals surface area contributed by atoms with Crippen molar-refractivity contribution in [2.24, 2.45) is 5.92 Å². The van der Waals surface area contributed by atoms with Gasteiger partial charge in [0.05, 0.1) is 17.1 Å². The number of para-hydroxylation sites is 1. The van der Waals surface area contributed by atoms with Crippen molar-refractivity contribution >= 4 is 22.5 Å². The van der Waals surface area contributed by atoms with Crippen molar-refractivity contribution in [2.45, 2.75) is 26.8 Å². The first-order chi connectivity index (χ1) is 8.68. The molecule has 0 aliphatic carbocycles. The van der Waals surface area contributed by atoms with Gasteiger partial charge in [0.25, 0.3) is 0 Å². The van der Waals surface area contributed by atoms with Gasteiger partial charge in [0, 0.05) is 24.7 Å². The van der Waals surface area contributed by atoms with Gasteiger partial charge >= 0.3 is 0 Å². The molecule has 0 saturated heterocycles. The van der Waals surface area contributed by atoms with Crippen molar-refractivity contribution in [2.75, 3.05) is 13.2 Å². The van der Waals surface area contributed by atoms with Crippen LogP contribution in [0.1, 0.15) is 20.3 Å². The highest BCUT2D eigenvalue weighted by Crippen LogP contribution is 2.24. The fourth-order valence-electron chi connectivity index (χ4n) is 1.98. The number of ether oxygens (including phenoxy) is 1. The predicted octanol–water partition coefficient (Wildman–Crippen LogP) is 4.36. The highest BCUT2D eigenvalue weighted by Gasteiger charge is 2.04. The quantitative estimate of drug-likeness (QED) is 0.708. The van der Waals surface area contributed by atoms with Crippen LogP contribution in [0.25, 0.3) is 10.9 Å². The van der Waals surface area contributed by atoms with Crippen LogP contribution in [0, 0.1) is 5.92 Å². The summed E-state index contributed by atoms with van der Waals surface area (Å²) in [6.07, 6.45) is 3.19. The predicted molar refractivity (Wildman–Crippen MR) is 77.2 cm³/mol. The number of hydrogen-bond acceptors (Lipinski definition) is 1. The van der Waals surface area contributed by atoms with Gasteiger partial charge in [-0.05, 0) is 24.5 Å². The maximum absolute atomic E-state index is 6.22. The molecular formula is C15H20ClNO. The third-order valence-corrected chi connectivity index (χ3v) is 3.36. The second-order valence-corrected chi connectivity index (χ2v) is 5.39. The molecule has 0 atom stereocenters. The third-order valence-electron chi connectivity index (χ3n) is 3.06. The normalized spacial score (nSPS) is 11.6. The SMILES string of the molecule is CC(C)CCOCCn1ccc2cccc(Cl)c21. The minimum atomic E-state index is 0.701. The van der Waals surface area contributed by atoms with Crippen molar-refractivity contribution in [1.29, 1.82) is 0 Å². The van der Waals surface area contributed by atoms with E-state index in [-0.39, 0.29) is 0 Å². The van der Waals surface area contributed by atoms with E-state index in [0.29, 0.717) is 5.92 Å². The van der Waals surface area contributed by atoms with E-state index in [0.717, 1.165) is 36.7 Å². The Morgan fingerprint density at radius 1 is 1.22 bits per heavy atom. The summed E-state index contributed by atoms with van der Waals surface area (Å²) in [7, 11) is 0. The topological polar surface area (TPSA) is 14.2 Å². The average Bonchev–Trinajstić information content (AvgIpc) is 2.73. The molecule has 0 radical (unpaired) electrons. The van der Waals surface area contributed by atoms with E-state index in [9.17, 15) is 0 Å². The van der Waals surface area contributed by atoms with Gasteiger partial charge in [-0.2, -0.15) is 0 Å². The van der Waals surface area contributed by atoms with Crippen LogP contribution in [0.3, 0.4) is 0 Å². The van der Waals surface area contributed by atoms with Crippen LogP contribution in [0.2, 0.25) is 5.02 Å². The number of benzene rings is 1. The molecule has 2 aromatic rings. The number of rotatable bonds is 6. The lowest BCUT2D eigenvalue weighted by atomic mass is 10.1. The Bertz CT molecular complexity index is 504. The summed E-state index contributed by atoms with van der Waals surface area (Å²) in [6.45, 7) is 6.85. The van der Waals surface area contributed by atoms with E-state index in [4.69, 9.17) is 16.3 Å². The summed E-state index contributed by atoms with van der Waals surface area (Å²) in [5.74, 6) is 0.701. The zero-order valence-electron chi connectivity index (χ0n) is 11.0. The van der Waals surface area contributed by atoms with Gasteiger partial charge in [-0.25, -0.2) is 0 Å². The van der Waals surface area contributed by atoms with E-state index in [1.54, 1.807) is 0 Å². The average molecular weight is 266 g/mol. The molecule has 0 aliphatic heterocycles. The lowest BCUT2D eigenvalue weighted by molar-refractivity contribution is 0.117. The smallest absolute Gasteiger partial charge is 0.0670 e. The maximum Gasteiger partial charge on any atom is 0.0670 e. The molecule has 2 nitrogen and oxygen atoms in total. The van der Waals surface area contributed by atoms with Crippen LogP contribution >= 0.6 is 11.6 Å². The molecule has 0 N–H and O–H groups in total. The van der Waals surface area contributed by atoms with Crippen molar-refractivity contribution < 1.29 is 4.74 Å². The van der Waals surface area contributed by atoms with Gasteiger partial charge in [-0.3, -0.25) is 0 Å². The Morgan fingerprint density at radius 2 is 2.06 bits per heavy atom. The van der Waals surface area contributed by atoms with Gasteiger partial charge in [0.2, 0.25) is 0 Å². The second kappa shape index (κ2) is 6.26. The van der Waals surface area contributed by atoms with Crippen LogP contribution < -0.4 is 0 Å². The zero-order chi connectivity index (χ0) is 13.0. The lowest BCUT2D eigenvalue weighted by Gasteiger charge is -2.09. The number of hydrogen-bond donors (Lipinski definition) is 0. The molecular weight excluding hydrogens is 246 g/mol. The Hall–Kier alpha value is -0.990. The van der Waals surface area contributed by atoms with E-state index in [1.165, 1.54) is 5.39 Å². The van der Waals surface area contributed by atoms with Crippen molar-refractivity contribution in [3.05, 3.63) is 35.5 Å². The molecule has 0 spiro atoms. The highest BCUT2D eigenvalue weighted by molar-refractivity contribution is 6.35. The first kappa shape index (κ1) is 13.4. The lowest BCUT2D eigenvalue weighted by Crippen LogP contribution is -2.07. The molecule has 0 amide bonds. The van der Waals surface area contributed by atoms with Crippen LogP contribution in [0.15, 0.2) is 30.5 Å². The molecule has 1 aromatic heterocycles. The molecule has 3 heteroatoms. The van der Waals surface area contributed by atoms with Crippen molar-refractivity contribution in [3.63, 3.8) is 0 Å². The van der Waals surface area contributed by atoms with Crippen LogP contribution in [-0.4, -0.2) is 17.8 Å². The Morgan fingerprint density at radius 3 is 2.83 bits per heavy atom. The van der Waals surface area contributed by atoms with Crippen molar-refractivity contribution in [3.8, 4) is 0 Å². The largest absolute Gasteiger partial charge is 0.380 e. The first-order valence-corrected chi connectivity index (χ1v) is 6.87. The molecule has 0 saturated carbocycles. The van der Waals surface area contributed by atoms with Crippen LogP contribution in [0.5, 0.6) is 0 Å². The van der Waals surface area contributed by atoms with E-state index < -0.39 is 0 Å². The fraction of sp³-hybridized carbons (Fsp3) is 0.467. The minimum Gasteiger partial charge on any atom is -0.380 e. The molecule has 98 valence electrons. The highest BCUT2D eigenvalue weighted by atomic mass is 35.5. The molecule has 0 unspecified atom stereocenters. The number of nitrogens with zero attached hydrogens (tertiary/aromatic N) is 1. The summed E-state index contributed by atoms with van der Waals surface area (Å²) in [6, 6.07) is 8.08. The van der Waals surface area contributed by atoms with E-state index in [1.807, 2.05) is 12.1 Å². The van der Waals surface area contributed by atoms with E-state index >= 15 is 0 Å². The summed E-state index contributed by atoms with van der Waals surface area (Å²) >= 11 is 6.22. The van der Waals surface area contributed by atoms with Gasteiger partial charge < -0.3 is 9.30 Å². The van der Waals surface area contributed by atoms with E-state index in [2.05, 4.69) is 36.7 Å². The van der Waals surface area contributed by atoms with Crippen LogP contribution in [-0.2, 0) is 11.3 Å². The monoisotopic (exact) mass is 265 g/mol. The Labute approximate surface area is 114 Å². The summed E-state index contributed by atoms with van der Waals surface area (Å²) in [5.41, 5.74) is 1.10. The standard InChI is InChI=1S/C15H20ClNO/c1-12(2)7-10-18-11-9-17-8-6-13-4-3-5-14(16)15(13)17/h3-6,8,12H,7,9-11H2,1-2H3. The van der Waals surface area contributed by atoms with Crippen molar-refractivity contribution in [1.82, 2.24) is 4.57 Å². The summed E-state index contributed by atoms with van der Waals surface area (Å²) < 4.78 is 7.80. The van der Waals surface area contributed by atoms with Gasteiger partial charge in [-0.15, -0.1) is 0 Å². The zero-order valence-corrected chi connectivity index (χ0v) is 11.8. The fourth-order valence-corrected chi connectivity index (χ4v) is 2.28. The van der Waals surface area contributed by atoms with Gasteiger partial charge in [-0.1, -0.05) is 37.6 Å². The van der Waals surface area contributed by atoms with Crippen LogP contribution in [0.4, 0.5) is 0 Å². The Kier molecular flexibility index (Phi) is 4.67. The van der Waals surface area contributed by atoms with Gasteiger partial charge in [0.1, 0.15) is 0 Å².